The molecule has 4 heteroatoms. The van der Waals surface area contributed by atoms with E-state index in [4.69, 9.17) is 9.47 Å². The molecule has 2 rings (SSSR count). The fraction of sp³-hybridized carbons (Fsp3) is 0.235. The maximum Gasteiger partial charge on any atom is 0.257 e. The molecule has 2 aromatic rings. The van der Waals surface area contributed by atoms with Crippen molar-refractivity contribution in [1.82, 2.24) is 4.90 Å². The summed E-state index contributed by atoms with van der Waals surface area (Å²) < 4.78 is 10.6. The molecular weight excluding hydrogens is 266 g/mol. The zero-order valence-corrected chi connectivity index (χ0v) is 12.5. The molecule has 0 aliphatic heterocycles. The average molecular weight is 285 g/mol. The lowest BCUT2D eigenvalue weighted by atomic mass is 10.1. The van der Waals surface area contributed by atoms with E-state index in [2.05, 4.69) is 0 Å². The van der Waals surface area contributed by atoms with Gasteiger partial charge < -0.3 is 14.4 Å². The fourth-order valence-electron chi connectivity index (χ4n) is 2.19. The average Bonchev–Trinajstić information content (AvgIpc) is 2.54. The second kappa shape index (κ2) is 6.79. The molecule has 0 saturated carbocycles. The van der Waals surface area contributed by atoms with Crippen LogP contribution in [0.15, 0.2) is 48.5 Å². The van der Waals surface area contributed by atoms with E-state index in [-0.39, 0.29) is 5.91 Å². The number of hydrogen-bond acceptors (Lipinski definition) is 3. The van der Waals surface area contributed by atoms with E-state index in [1.807, 2.05) is 36.4 Å². The maximum absolute atomic E-state index is 12.5. The molecule has 0 saturated heterocycles. The van der Waals surface area contributed by atoms with Gasteiger partial charge in [0, 0.05) is 19.2 Å². The molecule has 1 amide bonds. The Balaban J connectivity index is 2.20. The fourth-order valence-corrected chi connectivity index (χ4v) is 2.19. The highest BCUT2D eigenvalue weighted by molar-refractivity contribution is 5.96. The standard InChI is InChI=1S/C17H19NO3/c1-18(12-13-8-4-6-10-15(13)20-2)17(19)14-9-5-7-11-16(14)21-3/h4-11H,12H2,1-3H3. The van der Waals surface area contributed by atoms with Crippen LogP contribution < -0.4 is 9.47 Å². The predicted octanol–water partition coefficient (Wildman–Crippen LogP) is 2.98. The lowest BCUT2D eigenvalue weighted by molar-refractivity contribution is 0.0781. The number of amides is 1. The van der Waals surface area contributed by atoms with Gasteiger partial charge in [0.25, 0.3) is 5.91 Å². The molecule has 2 aromatic carbocycles. The Hall–Kier alpha value is -2.49. The first-order valence-electron chi connectivity index (χ1n) is 6.67. The molecule has 110 valence electrons. The summed E-state index contributed by atoms with van der Waals surface area (Å²) in [5.41, 5.74) is 1.52. The van der Waals surface area contributed by atoms with Crippen LogP contribution in [0.3, 0.4) is 0 Å². The van der Waals surface area contributed by atoms with Crippen molar-refractivity contribution in [3.8, 4) is 11.5 Å². The molecule has 0 atom stereocenters. The summed E-state index contributed by atoms with van der Waals surface area (Å²) in [4.78, 5) is 14.2. The van der Waals surface area contributed by atoms with Gasteiger partial charge in [-0.3, -0.25) is 4.79 Å². The summed E-state index contributed by atoms with van der Waals surface area (Å²) >= 11 is 0. The second-order valence-corrected chi connectivity index (χ2v) is 4.67. The van der Waals surface area contributed by atoms with Crippen LogP contribution in [0.1, 0.15) is 15.9 Å². The number of rotatable bonds is 5. The van der Waals surface area contributed by atoms with Crippen LogP contribution in [0.2, 0.25) is 0 Å². The summed E-state index contributed by atoms with van der Waals surface area (Å²) in [7, 11) is 4.95. The smallest absolute Gasteiger partial charge is 0.257 e. The number of para-hydroxylation sites is 2. The quantitative estimate of drug-likeness (QED) is 0.847. The first kappa shape index (κ1) is 14.9. The van der Waals surface area contributed by atoms with E-state index in [9.17, 15) is 4.79 Å². The highest BCUT2D eigenvalue weighted by Crippen LogP contribution is 2.22. The zero-order valence-electron chi connectivity index (χ0n) is 12.5. The summed E-state index contributed by atoms with van der Waals surface area (Å²) in [5.74, 6) is 1.27. The van der Waals surface area contributed by atoms with E-state index >= 15 is 0 Å². The monoisotopic (exact) mass is 285 g/mol. The highest BCUT2D eigenvalue weighted by atomic mass is 16.5. The van der Waals surface area contributed by atoms with Gasteiger partial charge in [-0.15, -0.1) is 0 Å². The molecule has 0 fully saturated rings. The number of carbonyl (C=O) groups is 1. The van der Waals surface area contributed by atoms with E-state index in [0.717, 1.165) is 11.3 Å². The minimum absolute atomic E-state index is 0.0849. The van der Waals surface area contributed by atoms with Gasteiger partial charge in [-0.05, 0) is 18.2 Å². The van der Waals surface area contributed by atoms with Crippen LogP contribution in [-0.2, 0) is 6.54 Å². The molecule has 4 nitrogen and oxygen atoms in total. The van der Waals surface area contributed by atoms with Gasteiger partial charge in [-0.25, -0.2) is 0 Å². The molecule has 0 aromatic heterocycles. The van der Waals surface area contributed by atoms with Crippen LogP contribution in [-0.4, -0.2) is 32.1 Å². The minimum Gasteiger partial charge on any atom is -0.496 e. The lowest BCUT2D eigenvalue weighted by Gasteiger charge is -2.20. The maximum atomic E-state index is 12.5. The van der Waals surface area contributed by atoms with Gasteiger partial charge in [0.1, 0.15) is 11.5 Å². The SMILES string of the molecule is COc1ccccc1CN(C)C(=O)c1ccccc1OC. The van der Waals surface area contributed by atoms with Crippen molar-refractivity contribution in [2.24, 2.45) is 0 Å². The van der Waals surface area contributed by atoms with Crippen LogP contribution in [0.5, 0.6) is 11.5 Å². The Morgan fingerprint density at radius 1 is 0.952 bits per heavy atom. The van der Waals surface area contributed by atoms with Gasteiger partial charge >= 0.3 is 0 Å². The van der Waals surface area contributed by atoms with Crippen molar-refractivity contribution in [3.05, 3.63) is 59.7 Å². The van der Waals surface area contributed by atoms with Crippen molar-refractivity contribution >= 4 is 5.91 Å². The number of hydrogen-bond donors (Lipinski definition) is 0. The Labute approximate surface area is 124 Å². The number of nitrogens with zero attached hydrogens (tertiary/aromatic N) is 1. The van der Waals surface area contributed by atoms with E-state index < -0.39 is 0 Å². The molecule has 0 N–H and O–H groups in total. The minimum atomic E-state index is -0.0849. The van der Waals surface area contributed by atoms with Crippen LogP contribution in [0, 0.1) is 0 Å². The van der Waals surface area contributed by atoms with E-state index in [0.29, 0.717) is 17.9 Å². The van der Waals surface area contributed by atoms with Gasteiger partial charge in [0.05, 0.1) is 19.8 Å². The zero-order chi connectivity index (χ0) is 15.2. The van der Waals surface area contributed by atoms with Crippen molar-refractivity contribution < 1.29 is 14.3 Å². The van der Waals surface area contributed by atoms with Gasteiger partial charge in [0.15, 0.2) is 0 Å². The molecule has 21 heavy (non-hydrogen) atoms. The Bertz CT molecular complexity index is 625. The van der Waals surface area contributed by atoms with Gasteiger partial charge in [-0.1, -0.05) is 30.3 Å². The van der Waals surface area contributed by atoms with E-state index in [1.165, 1.54) is 0 Å². The Morgan fingerprint density at radius 2 is 1.52 bits per heavy atom. The van der Waals surface area contributed by atoms with E-state index in [1.54, 1.807) is 38.3 Å². The third-order valence-corrected chi connectivity index (χ3v) is 3.28. The summed E-state index contributed by atoms with van der Waals surface area (Å²) in [6.07, 6.45) is 0. The van der Waals surface area contributed by atoms with Gasteiger partial charge in [0.2, 0.25) is 0 Å². The van der Waals surface area contributed by atoms with Crippen molar-refractivity contribution in [3.63, 3.8) is 0 Å². The van der Waals surface area contributed by atoms with Gasteiger partial charge in [-0.2, -0.15) is 0 Å². The normalized spacial score (nSPS) is 10.0. The largest absolute Gasteiger partial charge is 0.496 e. The van der Waals surface area contributed by atoms with Crippen molar-refractivity contribution in [2.45, 2.75) is 6.54 Å². The molecule has 0 spiro atoms. The first-order valence-corrected chi connectivity index (χ1v) is 6.67. The number of methoxy groups -OCH3 is 2. The molecule has 0 unspecified atom stereocenters. The van der Waals surface area contributed by atoms with Crippen molar-refractivity contribution in [2.75, 3.05) is 21.3 Å². The molecule has 0 bridgehead atoms. The van der Waals surface area contributed by atoms with Crippen LogP contribution in [0.25, 0.3) is 0 Å². The third-order valence-electron chi connectivity index (χ3n) is 3.28. The van der Waals surface area contributed by atoms with Crippen LogP contribution in [0.4, 0.5) is 0 Å². The second-order valence-electron chi connectivity index (χ2n) is 4.67. The number of ether oxygens (including phenoxy) is 2. The molecular formula is C17H19NO3. The topological polar surface area (TPSA) is 38.8 Å². The van der Waals surface area contributed by atoms with Crippen LogP contribution >= 0.6 is 0 Å². The Kier molecular flexibility index (Phi) is 4.82. The molecule has 0 radical (unpaired) electrons. The summed E-state index contributed by atoms with van der Waals surface area (Å²) in [5, 5.41) is 0. The summed E-state index contributed by atoms with van der Waals surface area (Å²) in [6, 6.07) is 14.9. The summed E-state index contributed by atoms with van der Waals surface area (Å²) in [6.45, 7) is 0.473. The molecule has 0 heterocycles. The Morgan fingerprint density at radius 3 is 2.19 bits per heavy atom. The van der Waals surface area contributed by atoms with Crippen molar-refractivity contribution in [1.29, 1.82) is 0 Å². The number of carbonyl (C=O) groups excluding carboxylic acids is 1. The number of benzene rings is 2. The predicted molar refractivity (Wildman–Crippen MR) is 81.8 cm³/mol. The molecule has 0 aliphatic carbocycles. The third kappa shape index (κ3) is 3.34. The highest BCUT2D eigenvalue weighted by Gasteiger charge is 2.17. The first-order chi connectivity index (χ1) is 10.2. The molecule has 0 aliphatic rings. The lowest BCUT2D eigenvalue weighted by Crippen LogP contribution is -2.26.